The standard InChI is InChI=1S/C29H24F7N5O3/c1-15-5-3-6-16(23(15)30)13-40-26(44)22(24(42)27(2)9-4-10-41(27)40)25(43)39-19-8-7-17(28(31,32)33)11-18(19)20-12-21(29(34,35)36)38-14-37-20/h3,5-8,11-12,14,42H,4,9-10,13H2,1-2H3,(H,39,43). The number of benzene rings is 2. The second-order valence-electron chi connectivity index (χ2n) is 10.6. The van der Waals surface area contributed by atoms with Crippen LogP contribution in [-0.2, 0) is 28.5 Å². The number of hydrogen-bond donors (Lipinski definition) is 2. The Balaban J connectivity index is 1.57. The summed E-state index contributed by atoms with van der Waals surface area (Å²) in [6.45, 7) is 3.13. The van der Waals surface area contributed by atoms with Crippen LogP contribution in [0.1, 0.15) is 42.1 Å². The van der Waals surface area contributed by atoms with Gasteiger partial charge in [-0.05, 0) is 56.5 Å². The summed E-state index contributed by atoms with van der Waals surface area (Å²) < 4.78 is 95.6. The number of aliphatic hydroxyl groups is 1. The molecule has 2 aromatic carbocycles. The van der Waals surface area contributed by atoms with Crippen molar-refractivity contribution in [2.24, 2.45) is 0 Å². The summed E-state index contributed by atoms with van der Waals surface area (Å²) in [4.78, 5) is 34.2. The minimum atomic E-state index is -4.95. The van der Waals surface area contributed by atoms with Crippen molar-refractivity contribution < 1.29 is 45.4 Å². The molecule has 0 saturated carbocycles. The van der Waals surface area contributed by atoms with Gasteiger partial charge >= 0.3 is 12.4 Å². The van der Waals surface area contributed by atoms with Gasteiger partial charge in [0.15, 0.2) is 0 Å². The van der Waals surface area contributed by atoms with Gasteiger partial charge in [0.05, 0.1) is 29.0 Å². The molecule has 0 aliphatic carbocycles. The number of hydrazine groups is 1. The number of nitrogens with one attached hydrogen (secondary N) is 1. The van der Waals surface area contributed by atoms with E-state index >= 15 is 0 Å². The predicted octanol–water partition coefficient (Wildman–Crippen LogP) is 6.19. The number of alkyl halides is 6. The first-order valence-corrected chi connectivity index (χ1v) is 13.2. The van der Waals surface area contributed by atoms with Crippen LogP contribution in [0.4, 0.5) is 36.4 Å². The van der Waals surface area contributed by atoms with Gasteiger partial charge < -0.3 is 10.4 Å². The van der Waals surface area contributed by atoms with Crippen molar-refractivity contribution in [2.75, 3.05) is 11.9 Å². The first-order valence-electron chi connectivity index (χ1n) is 13.2. The number of carbonyl (C=O) groups is 2. The molecule has 0 bridgehead atoms. The van der Waals surface area contributed by atoms with Crippen LogP contribution >= 0.6 is 0 Å². The monoisotopic (exact) mass is 623 g/mol. The molecule has 1 aromatic heterocycles. The zero-order valence-corrected chi connectivity index (χ0v) is 23.1. The van der Waals surface area contributed by atoms with E-state index in [0.29, 0.717) is 49.5 Å². The summed E-state index contributed by atoms with van der Waals surface area (Å²) in [5, 5.41) is 16.2. The molecule has 0 spiro atoms. The smallest absolute Gasteiger partial charge is 0.433 e. The minimum Gasteiger partial charge on any atom is -0.509 e. The topological polar surface area (TPSA) is 98.7 Å². The van der Waals surface area contributed by atoms with Gasteiger partial charge in [-0.1, -0.05) is 18.2 Å². The highest BCUT2D eigenvalue weighted by Crippen LogP contribution is 2.43. The van der Waals surface area contributed by atoms with Gasteiger partial charge in [0.2, 0.25) is 0 Å². The number of nitrogens with zero attached hydrogens (tertiary/aromatic N) is 4. The fourth-order valence-electron chi connectivity index (χ4n) is 5.43. The Bertz CT molecular complexity index is 1690. The van der Waals surface area contributed by atoms with Crippen molar-refractivity contribution in [3.63, 3.8) is 0 Å². The van der Waals surface area contributed by atoms with Crippen LogP contribution in [0.2, 0.25) is 0 Å². The molecule has 1 unspecified atom stereocenters. The lowest BCUT2D eigenvalue weighted by Crippen LogP contribution is -2.60. The van der Waals surface area contributed by atoms with Gasteiger partial charge in [0.1, 0.15) is 29.2 Å². The molecule has 3 heterocycles. The Morgan fingerprint density at radius 1 is 1.07 bits per heavy atom. The Hall–Kier alpha value is -4.53. The average Bonchev–Trinajstić information content (AvgIpc) is 3.35. The molecule has 3 aromatic rings. The fraction of sp³-hybridized carbons (Fsp3) is 0.310. The second-order valence-corrected chi connectivity index (χ2v) is 10.6. The van der Waals surface area contributed by atoms with Crippen molar-refractivity contribution in [1.82, 2.24) is 20.0 Å². The van der Waals surface area contributed by atoms with E-state index < -0.39 is 75.1 Å². The molecule has 232 valence electrons. The Kier molecular flexibility index (Phi) is 7.64. The van der Waals surface area contributed by atoms with Crippen LogP contribution in [0.25, 0.3) is 11.3 Å². The molecular formula is C29H24F7N5O3. The number of hydrogen-bond acceptors (Lipinski definition) is 6. The molecule has 44 heavy (non-hydrogen) atoms. The van der Waals surface area contributed by atoms with Gasteiger partial charge in [-0.25, -0.2) is 19.4 Å². The first-order chi connectivity index (χ1) is 20.5. The van der Waals surface area contributed by atoms with Gasteiger partial charge in [-0.15, -0.1) is 0 Å². The quantitative estimate of drug-likeness (QED) is 0.260. The molecule has 8 nitrogen and oxygen atoms in total. The molecule has 2 amide bonds. The maximum absolute atomic E-state index is 14.9. The van der Waals surface area contributed by atoms with E-state index in [1.54, 1.807) is 26.0 Å². The minimum absolute atomic E-state index is 0.142. The number of aliphatic hydroxyl groups excluding tert-OH is 1. The molecule has 2 N–H and O–H groups in total. The summed E-state index contributed by atoms with van der Waals surface area (Å²) in [6.07, 6.45) is -8.52. The van der Waals surface area contributed by atoms with Gasteiger partial charge in [0.25, 0.3) is 11.8 Å². The summed E-state index contributed by atoms with van der Waals surface area (Å²) in [5.41, 5.74) is -5.77. The Morgan fingerprint density at radius 2 is 1.80 bits per heavy atom. The third-order valence-electron chi connectivity index (χ3n) is 7.74. The number of aryl methyl sites for hydroxylation is 1. The van der Waals surface area contributed by atoms with E-state index in [4.69, 9.17) is 0 Å². The predicted molar refractivity (Wildman–Crippen MR) is 142 cm³/mol. The van der Waals surface area contributed by atoms with Crippen molar-refractivity contribution in [3.8, 4) is 11.3 Å². The SMILES string of the molecule is Cc1cccc(CN2C(=O)C(C(=O)Nc3ccc(C(F)(F)F)cc3-c3cc(C(F)(F)F)ncn3)=C(O)C3(C)CCCN23)c1F. The lowest BCUT2D eigenvalue weighted by atomic mass is 9.90. The normalized spacial score (nSPS) is 19.4. The number of fused-ring (bicyclic) bond motifs is 1. The molecule has 0 radical (unpaired) electrons. The van der Waals surface area contributed by atoms with Crippen molar-refractivity contribution in [2.45, 2.75) is 51.1 Å². The van der Waals surface area contributed by atoms with E-state index in [1.165, 1.54) is 11.1 Å². The molecule has 1 fully saturated rings. The number of carbonyl (C=O) groups excluding carboxylic acids is 2. The van der Waals surface area contributed by atoms with Crippen LogP contribution in [0.5, 0.6) is 0 Å². The zero-order valence-electron chi connectivity index (χ0n) is 23.1. The number of halogens is 7. The number of anilines is 1. The van der Waals surface area contributed by atoms with Crippen molar-refractivity contribution in [1.29, 1.82) is 0 Å². The van der Waals surface area contributed by atoms with E-state index in [-0.39, 0.29) is 12.1 Å². The molecule has 2 aliphatic rings. The maximum Gasteiger partial charge on any atom is 0.433 e. The molecule has 1 atom stereocenters. The highest BCUT2D eigenvalue weighted by atomic mass is 19.4. The van der Waals surface area contributed by atoms with E-state index in [9.17, 15) is 45.4 Å². The third kappa shape index (κ3) is 5.47. The Morgan fingerprint density at radius 3 is 2.48 bits per heavy atom. The van der Waals surface area contributed by atoms with Crippen molar-refractivity contribution >= 4 is 17.5 Å². The fourth-order valence-corrected chi connectivity index (χ4v) is 5.43. The average molecular weight is 624 g/mol. The molecule has 2 aliphatic heterocycles. The van der Waals surface area contributed by atoms with Gasteiger partial charge in [-0.2, -0.15) is 26.3 Å². The summed E-state index contributed by atoms with van der Waals surface area (Å²) in [7, 11) is 0. The van der Waals surface area contributed by atoms with Crippen LogP contribution in [0, 0.1) is 12.7 Å². The van der Waals surface area contributed by atoms with Crippen LogP contribution in [-0.4, -0.2) is 49.0 Å². The summed E-state index contributed by atoms with van der Waals surface area (Å²) in [6, 6.07) is 6.92. The highest BCUT2D eigenvalue weighted by molar-refractivity contribution is 6.24. The van der Waals surface area contributed by atoms with Crippen LogP contribution in [0.15, 0.2) is 60.1 Å². The van der Waals surface area contributed by atoms with Crippen molar-refractivity contribution in [3.05, 3.63) is 88.3 Å². The lowest BCUT2D eigenvalue weighted by Gasteiger charge is -2.46. The van der Waals surface area contributed by atoms with Crippen LogP contribution in [0.3, 0.4) is 0 Å². The molecular weight excluding hydrogens is 599 g/mol. The third-order valence-corrected chi connectivity index (χ3v) is 7.74. The number of rotatable bonds is 5. The highest BCUT2D eigenvalue weighted by Gasteiger charge is 2.52. The van der Waals surface area contributed by atoms with Gasteiger partial charge in [0, 0.05) is 17.7 Å². The lowest BCUT2D eigenvalue weighted by molar-refractivity contribution is -0.160. The van der Waals surface area contributed by atoms with Crippen LogP contribution < -0.4 is 5.32 Å². The molecule has 15 heteroatoms. The zero-order chi connectivity index (χ0) is 32.2. The Labute approximate surface area is 245 Å². The second kappa shape index (κ2) is 10.9. The van der Waals surface area contributed by atoms with E-state index in [0.717, 1.165) is 11.1 Å². The maximum atomic E-state index is 14.9. The largest absolute Gasteiger partial charge is 0.509 e. The molecule has 5 rings (SSSR count). The molecule has 1 saturated heterocycles. The van der Waals surface area contributed by atoms with E-state index in [1.807, 2.05) is 0 Å². The van der Waals surface area contributed by atoms with Gasteiger partial charge in [-0.3, -0.25) is 14.6 Å². The number of amides is 2. The van der Waals surface area contributed by atoms with E-state index in [2.05, 4.69) is 15.3 Å². The first kappa shape index (κ1) is 30.9. The number of aromatic nitrogens is 2. The summed E-state index contributed by atoms with van der Waals surface area (Å²) in [5.74, 6) is -3.41. The summed E-state index contributed by atoms with van der Waals surface area (Å²) >= 11 is 0.